The van der Waals surface area contributed by atoms with Gasteiger partial charge in [0.1, 0.15) is 4.88 Å². The first-order chi connectivity index (χ1) is 5.98. The minimum absolute atomic E-state index is 0.192. The van der Waals surface area contributed by atoms with E-state index in [4.69, 9.17) is 5.73 Å². The molecule has 1 aromatic rings. The molecule has 1 atom stereocenters. The van der Waals surface area contributed by atoms with E-state index in [9.17, 15) is 13.2 Å². The van der Waals surface area contributed by atoms with Crippen molar-refractivity contribution in [3.8, 4) is 0 Å². The van der Waals surface area contributed by atoms with Crippen LogP contribution in [0.2, 0.25) is 0 Å². The second kappa shape index (κ2) is 2.72. The lowest BCUT2D eigenvalue weighted by molar-refractivity contribution is -0.134. The largest absolute Gasteiger partial charge is 0.425 e. The first kappa shape index (κ1) is 9.02. The maximum absolute atomic E-state index is 12.2. The normalized spacial score (nSPS) is 22.0. The summed E-state index contributed by atoms with van der Waals surface area (Å²) in [6.07, 6.45) is -2.74. The van der Waals surface area contributed by atoms with Crippen LogP contribution >= 0.6 is 11.3 Å². The minimum atomic E-state index is -4.21. The maximum atomic E-state index is 12.2. The highest BCUT2D eigenvalue weighted by molar-refractivity contribution is 7.12. The molecule has 1 heterocycles. The van der Waals surface area contributed by atoms with Gasteiger partial charge in [-0.1, -0.05) is 0 Å². The van der Waals surface area contributed by atoms with Crippen molar-refractivity contribution >= 4 is 11.3 Å². The van der Waals surface area contributed by atoms with Crippen molar-refractivity contribution in [2.75, 3.05) is 0 Å². The third-order valence-electron chi connectivity index (χ3n) is 2.20. The summed E-state index contributed by atoms with van der Waals surface area (Å²) in [6.45, 7) is 0. The van der Waals surface area contributed by atoms with Gasteiger partial charge >= 0.3 is 6.18 Å². The van der Waals surface area contributed by atoms with E-state index in [1.54, 1.807) is 0 Å². The Morgan fingerprint density at radius 1 is 1.46 bits per heavy atom. The van der Waals surface area contributed by atoms with Gasteiger partial charge in [-0.3, -0.25) is 0 Å². The Labute approximate surface area is 77.4 Å². The Kier molecular flexibility index (Phi) is 1.89. The molecule has 1 aromatic heterocycles. The number of aryl methyl sites for hydroxylation is 1. The van der Waals surface area contributed by atoms with Gasteiger partial charge < -0.3 is 5.73 Å². The molecule has 0 radical (unpaired) electrons. The highest BCUT2D eigenvalue weighted by Gasteiger charge is 2.35. The number of fused-ring (bicyclic) bond motifs is 1. The fraction of sp³-hybridized carbons (Fsp3) is 0.500. The number of hydrogen-bond donors (Lipinski definition) is 1. The van der Waals surface area contributed by atoms with Gasteiger partial charge in [-0.25, -0.2) is 0 Å². The first-order valence-electron chi connectivity index (χ1n) is 3.94. The van der Waals surface area contributed by atoms with Crippen LogP contribution in [0.3, 0.4) is 0 Å². The molecule has 1 aliphatic rings. The Bertz CT molecular complexity index is 329. The van der Waals surface area contributed by atoms with Crippen LogP contribution < -0.4 is 5.73 Å². The molecule has 0 saturated heterocycles. The van der Waals surface area contributed by atoms with Gasteiger partial charge in [0.25, 0.3) is 0 Å². The topological polar surface area (TPSA) is 26.0 Å². The van der Waals surface area contributed by atoms with E-state index in [2.05, 4.69) is 0 Å². The Morgan fingerprint density at radius 3 is 2.69 bits per heavy atom. The van der Waals surface area contributed by atoms with Gasteiger partial charge in [-0.05, 0) is 24.5 Å². The highest BCUT2D eigenvalue weighted by atomic mass is 32.1. The number of rotatable bonds is 0. The number of nitrogens with two attached hydrogens (primary N) is 1. The zero-order valence-electron chi connectivity index (χ0n) is 6.69. The van der Waals surface area contributed by atoms with Gasteiger partial charge in [0.2, 0.25) is 0 Å². The number of halogens is 3. The van der Waals surface area contributed by atoms with Crippen molar-refractivity contribution < 1.29 is 13.2 Å². The average Bonchev–Trinajstić information content (AvgIpc) is 2.51. The van der Waals surface area contributed by atoms with Gasteiger partial charge in [0.05, 0.1) is 0 Å². The molecule has 0 bridgehead atoms. The van der Waals surface area contributed by atoms with E-state index in [0.717, 1.165) is 22.6 Å². The van der Waals surface area contributed by atoms with Crippen LogP contribution in [0.1, 0.15) is 27.8 Å². The van der Waals surface area contributed by atoms with E-state index in [1.165, 1.54) is 6.07 Å². The molecule has 0 amide bonds. The monoisotopic (exact) mass is 207 g/mol. The standard InChI is InChI=1S/C8H8F3NS/c9-8(10,11)7-3-4-5(12)1-2-6(4)13-7/h3,5H,1-2,12H2/t5-/m0/s1. The number of thiophene rings is 1. The summed E-state index contributed by atoms with van der Waals surface area (Å²) in [4.78, 5) is 0.285. The molecule has 0 fully saturated rings. The van der Waals surface area contributed by atoms with Gasteiger partial charge in [0, 0.05) is 10.9 Å². The van der Waals surface area contributed by atoms with Crippen LogP contribution in [0.25, 0.3) is 0 Å². The van der Waals surface area contributed by atoms with E-state index in [1.807, 2.05) is 0 Å². The molecule has 0 unspecified atom stereocenters. The molecule has 72 valence electrons. The molecule has 0 spiro atoms. The van der Waals surface area contributed by atoms with Crippen molar-refractivity contribution in [3.05, 3.63) is 21.4 Å². The summed E-state index contributed by atoms with van der Waals surface area (Å²) < 4.78 is 36.7. The molecule has 0 saturated carbocycles. The Hall–Kier alpha value is -0.550. The summed E-state index contributed by atoms with van der Waals surface area (Å²) in [7, 11) is 0. The average molecular weight is 207 g/mol. The third-order valence-corrected chi connectivity index (χ3v) is 3.46. The van der Waals surface area contributed by atoms with E-state index in [0.29, 0.717) is 12.0 Å². The highest BCUT2D eigenvalue weighted by Crippen LogP contribution is 2.42. The van der Waals surface area contributed by atoms with Crippen molar-refractivity contribution in [2.45, 2.75) is 25.1 Å². The fourth-order valence-corrected chi connectivity index (χ4v) is 2.65. The van der Waals surface area contributed by atoms with Gasteiger partial charge in [0.15, 0.2) is 0 Å². The summed E-state index contributed by atoms with van der Waals surface area (Å²) >= 11 is 0.828. The van der Waals surface area contributed by atoms with Crippen molar-refractivity contribution in [1.82, 2.24) is 0 Å². The molecule has 0 aliphatic heterocycles. The summed E-state index contributed by atoms with van der Waals surface area (Å²) in [5.41, 5.74) is 6.33. The second-order valence-corrected chi connectivity index (χ2v) is 4.27. The van der Waals surface area contributed by atoms with Crippen LogP contribution in [-0.4, -0.2) is 0 Å². The van der Waals surface area contributed by atoms with Crippen LogP contribution in [0.15, 0.2) is 6.07 Å². The first-order valence-corrected chi connectivity index (χ1v) is 4.75. The van der Waals surface area contributed by atoms with E-state index < -0.39 is 11.1 Å². The predicted octanol–water partition coefficient (Wildman–Crippen LogP) is 2.71. The zero-order chi connectivity index (χ0) is 9.64. The van der Waals surface area contributed by atoms with Crippen LogP contribution in [0.5, 0.6) is 0 Å². The fourth-order valence-electron chi connectivity index (χ4n) is 1.53. The van der Waals surface area contributed by atoms with E-state index >= 15 is 0 Å². The van der Waals surface area contributed by atoms with Crippen LogP contribution in [0, 0.1) is 0 Å². The lowest BCUT2D eigenvalue weighted by Crippen LogP contribution is -2.06. The second-order valence-electron chi connectivity index (χ2n) is 3.13. The molecule has 2 rings (SSSR count). The van der Waals surface area contributed by atoms with Crippen molar-refractivity contribution in [2.24, 2.45) is 5.73 Å². The molecule has 1 aliphatic carbocycles. The van der Waals surface area contributed by atoms with Crippen LogP contribution in [0.4, 0.5) is 13.2 Å². The molecular formula is C8H8F3NS. The van der Waals surface area contributed by atoms with Crippen molar-refractivity contribution in [1.29, 1.82) is 0 Å². The number of hydrogen-bond acceptors (Lipinski definition) is 2. The molecule has 1 nitrogen and oxygen atoms in total. The minimum Gasteiger partial charge on any atom is -0.324 e. The molecule has 13 heavy (non-hydrogen) atoms. The van der Waals surface area contributed by atoms with Gasteiger partial charge in [-0.15, -0.1) is 11.3 Å². The third kappa shape index (κ3) is 1.46. The molecule has 0 aromatic carbocycles. The van der Waals surface area contributed by atoms with E-state index in [-0.39, 0.29) is 6.04 Å². The molecular weight excluding hydrogens is 199 g/mol. The summed E-state index contributed by atoms with van der Waals surface area (Å²) in [5.74, 6) is 0. The smallest absolute Gasteiger partial charge is 0.324 e. The SMILES string of the molecule is N[C@H]1CCc2sc(C(F)(F)F)cc21. The predicted molar refractivity (Wildman–Crippen MR) is 44.6 cm³/mol. The maximum Gasteiger partial charge on any atom is 0.425 e. The molecule has 2 N–H and O–H groups in total. The lowest BCUT2D eigenvalue weighted by atomic mass is 10.2. The Balaban J connectivity index is 2.40. The lowest BCUT2D eigenvalue weighted by Gasteiger charge is -2.03. The molecule has 5 heteroatoms. The number of alkyl halides is 3. The quantitative estimate of drug-likeness (QED) is 0.695. The summed E-state index contributed by atoms with van der Waals surface area (Å²) in [6, 6.07) is 1.000. The van der Waals surface area contributed by atoms with Crippen LogP contribution in [-0.2, 0) is 12.6 Å². The Morgan fingerprint density at radius 2 is 2.15 bits per heavy atom. The summed E-state index contributed by atoms with van der Waals surface area (Å²) in [5, 5.41) is 0. The van der Waals surface area contributed by atoms with Gasteiger partial charge in [-0.2, -0.15) is 13.2 Å². The van der Waals surface area contributed by atoms with Crippen molar-refractivity contribution in [3.63, 3.8) is 0 Å². The zero-order valence-corrected chi connectivity index (χ0v) is 7.50.